The van der Waals surface area contributed by atoms with Crippen molar-refractivity contribution in [2.75, 3.05) is 6.54 Å². The van der Waals surface area contributed by atoms with Crippen LogP contribution in [0.25, 0.3) is 0 Å². The van der Waals surface area contributed by atoms with Gasteiger partial charge in [0.25, 0.3) is 0 Å². The summed E-state index contributed by atoms with van der Waals surface area (Å²) in [7, 11) is 0. The van der Waals surface area contributed by atoms with E-state index in [0.717, 1.165) is 25.8 Å². The molecule has 1 saturated heterocycles. The summed E-state index contributed by atoms with van der Waals surface area (Å²) in [4.78, 5) is 12.5. The monoisotopic (exact) mass is 181 g/mol. The van der Waals surface area contributed by atoms with E-state index in [4.69, 9.17) is 5.11 Å². The molecule has 0 aromatic heterocycles. The third-order valence-electron chi connectivity index (χ3n) is 3.15. The van der Waals surface area contributed by atoms with E-state index in [2.05, 4.69) is 12.2 Å². The second-order valence-corrected chi connectivity index (χ2v) is 3.89. The highest BCUT2D eigenvalue weighted by atomic mass is 16.4. The van der Waals surface area contributed by atoms with Gasteiger partial charge >= 0.3 is 6.09 Å². The Bertz CT molecular complexity index is 237. The van der Waals surface area contributed by atoms with Gasteiger partial charge in [0.15, 0.2) is 0 Å². The largest absolute Gasteiger partial charge is 0.465 e. The van der Waals surface area contributed by atoms with Gasteiger partial charge in [-0.1, -0.05) is 12.2 Å². The molecule has 3 nitrogen and oxygen atoms in total. The lowest BCUT2D eigenvalue weighted by Crippen LogP contribution is -2.48. The number of fused-ring (bicyclic) bond motifs is 1. The smallest absolute Gasteiger partial charge is 0.407 e. The molecule has 0 aromatic carbocycles. The van der Waals surface area contributed by atoms with E-state index in [-0.39, 0.29) is 6.04 Å². The van der Waals surface area contributed by atoms with Crippen LogP contribution in [0.15, 0.2) is 12.2 Å². The van der Waals surface area contributed by atoms with E-state index >= 15 is 0 Å². The minimum Gasteiger partial charge on any atom is -0.465 e. The Hall–Kier alpha value is -0.990. The van der Waals surface area contributed by atoms with Gasteiger partial charge in [0.2, 0.25) is 0 Å². The van der Waals surface area contributed by atoms with Gasteiger partial charge in [-0.15, -0.1) is 0 Å². The first-order valence-corrected chi connectivity index (χ1v) is 4.93. The van der Waals surface area contributed by atoms with Crippen LogP contribution in [0, 0.1) is 5.92 Å². The normalized spacial score (nSPS) is 32.8. The zero-order chi connectivity index (χ0) is 9.26. The van der Waals surface area contributed by atoms with Crippen LogP contribution in [0.1, 0.15) is 25.7 Å². The van der Waals surface area contributed by atoms with Crippen LogP contribution in [0.5, 0.6) is 0 Å². The second-order valence-electron chi connectivity index (χ2n) is 3.89. The summed E-state index contributed by atoms with van der Waals surface area (Å²) in [6.07, 6.45) is 7.76. The number of allylic oxidation sites excluding steroid dienone is 1. The first-order chi connectivity index (χ1) is 6.29. The lowest BCUT2D eigenvalue weighted by molar-refractivity contribution is 0.0772. The maximum atomic E-state index is 10.9. The maximum absolute atomic E-state index is 10.9. The molecule has 1 amide bonds. The minimum atomic E-state index is -0.745. The number of likely N-dealkylation sites (tertiary alicyclic amines) is 1. The zero-order valence-electron chi connectivity index (χ0n) is 7.65. The SMILES string of the molecule is O=C(O)N1CCC[C@H]2CC=CC[C@H]21. The molecule has 0 unspecified atom stereocenters. The fourth-order valence-corrected chi connectivity index (χ4v) is 2.48. The Morgan fingerprint density at radius 2 is 2.15 bits per heavy atom. The predicted molar refractivity (Wildman–Crippen MR) is 49.6 cm³/mol. The van der Waals surface area contributed by atoms with Gasteiger partial charge < -0.3 is 10.0 Å². The number of piperidine rings is 1. The van der Waals surface area contributed by atoms with Gasteiger partial charge in [0.05, 0.1) is 0 Å². The second kappa shape index (κ2) is 3.40. The molecule has 1 N–H and O–H groups in total. The van der Waals surface area contributed by atoms with E-state index in [9.17, 15) is 4.79 Å². The van der Waals surface area contributed by atoms with Crippen LogP contribution in [-0.2, 0) is 0 Å². The van der Waals surface area contributed by atoms with Gasteiger partial charge in [-0.2, -0.15) is 0 Å². The molecule has 0 aromatic rings. The molecule has 2 atom stereocenters. The Labute approximate surface area is 78.0 Å². The number of hydrogen-bond acceptors (Lipinski definition) is 1. The summed E-state index contributed by atoms with van der Waals surface area (Å²) >= 11 is 0. The van der Waals surface area contributed by atoms with E-state index in [1.54, 1.807) is 4.90 Å². The van der Waals surface area contributed by atoms with Crippen molar-refractivity contribution in [3.63, 3.8) is 0 Å². The number of carboxylic acid groups (broad SMARTS) is 1. The van der Waals surface area contributed by atoms with Gasteiger partial charge in [-0.05, 0) is 31.6 Å². The highest BCUT2D eigenvalue weighted by molar-refractivity contribution is 5.65. The summed E-state index contributed by atoms with van der Waals surface area (Å²) in [6, 6.07) is 0.260. The van der Waals surface area contributed by atoms with E-state index in [1.165, 1.54) is 6.42 Å². The number of nitrogens with zero attached hydrogens (tertiary/aromatic N) is 1. The predicted octanol–water partition coefficient (Wildman–Crippen LogP) is 2.09. The van der Waals surface area contributed by atoms with Crippen LogP contribution in [0.2, 0.25) is 0 Å². The molecule has 0 bridgehead atoms. The number of rotatable bonds is 0. The fourth-order valence-electron chi connectivity index (χ4n) is 2.48. The first-order valence-electron chi connectivity index (χ1n) is 4.93. The molecule has 3 heteroatoms. The highest BCUT2D eigenvalue weighted by Gasteiger charge is 2.33. The summed E-state index contributed by atoms with van der Waals surface area (Å²) in [5.74, 6) is 0.579. The van der Waals surface area contributed by atoms with Gasteiger partial charge in [0, 0.05) is 12.6 Å². The van der Waals surface area contributed by atoms with Crippen molar-refractivity contribution in [2.45, 2.75) is 31.7 Å². The number of amides is 1. The Kier molecular flexibility index (Phi) is 2.25. The average molecular weight is 181 g/mol. The minimum absolute atomic E-state index is 0.260. The molecular weight excluding hydrogens is 166 g/mol. The molecule has 1 aliphatic heterocycles. The standard InChI is InChI=1S/C10H15NO2/c12-10(13)11-7-3-5-8-4-1-2-6-9(8)11/h1-2,8-9H,3-7H2,(H,12,13)/t8-,9-/m1/s1. The fraction of sp³-hybridized carbons (Fsp3) is 0.700. The van der Waals surface area contributed by atoms with Crippen LogP contribution in [-0.4, -0.2) is 28.7 Å². The summed E-state index contributed by atoms with van der Waals surface area (Å²) in [5, 5.41) is 8.98. The lowest BCUT2D eigenvalue weighted by atomic mass is 9.82. The van der Waals surface area contributed by atoms with Crippen molar-refractivity contribution in [2.24, 2.45) is 5.92 Å². The molecule has 13 heavy (non-hydrogen) atoms. The molecule has 1 fully saturated rings. The molecular formula is C10H15NO2. The van der Waals surface area contributed by atoms with Crippen molar-refractivity contribution in [3.8, 4) is 0 Å². The van der Waals surface area contributed by atoms with E-state index in [1.807, 2.05) is 0 Å². The van der Waals surface area contributed by atoms with Gasteiger partial charge in [-0.25, -0.2) is 4.79 Å². The molecule has 1 heterocycles. The molecule has 0 saturated carbocycles. The quantitative estimate of drug-likeness (QED) is 0.581. The van der Waals surface area contributed by atoms with Crippen molar-refractivity contribution in [3.05, 3.63) is 12.2 Å². The van der Waals surface area contributed by atoms with Gasteiger partial charge in [-0.3, -0.25) is 0 Å². The topological polar surface area (TPSA) is 40.5 Å². The van der Waals surface area contributed by atoms with Gasteiger partial charge in [0.1, 0.15) is 0 Å². The van der Waals surface area contributed by atoms with Crippen molar-refractivity contribution in [1.82, 2.24) is 4.90 Å². The van der Waals surface area contributed by atoms with Crippen LogP contribution >= 0.6 is 0 Å². The van der Waals surface area contributed by atoms with Crippen molar-refractivity contribution in [1.29, 1.82) is 0 Å². The first kappa shape index (κ1) is 8.60. The summed E-state index contributed by atoms with van der Waals surface area (Å²) < 4.78 is 0. The number of carbonyl (C=O) groups is 1. The van der Waals surface area contributed by atoms with E-state index in [0.29, 0.717) is 5.92 Å². The third kappa shape index (κ3) is 1.55. The third-order valence-corrected chi connectivity index (χ3v) is 3.15. The molecule has 1 aliphatic carbocycles. The molecule has 2 rings (SSSR count). The highest BCUT2D eigenvalue weighted by Crippen LogP contribution is 2.31. The van der Waals surface area contributed by atoms with E-state index < -0.39 is 6.09 Å². The molecule has 72 valence electrons. The Morgan fingerprint density at radius 1 is 1.38 bits per heavy atom. The van der Waals surface area contributed by atoms with Crippen LogP contribution in [0.4, 0.5) is 4.79 Å². The van der Waals surface area contributed by atoms with Crippen molar-refractivity contribution >= 4 is 6.09 Å². The molecule has 2 aliphatic rings. The Balaban J connectivity index is 2.12. The average Bonchev–Trinajstić information content (AvgIpc) is 2.17. The molecule has 0 radical (unpaired) electrons. The summed E-state index contributed by atoms with van der Waals surface area (Å²) in [6.45, 7) is 0.727. The summed E-state index contributed by atoms with van der Waals surface area (Å²) in [5.41, 5.74) is 0. The van der Waals surface area contributed by atoms with Crippen molar-refractivity contribution < 1.29 is 9.90 Å². The van der Waals surface area contributed by atoms with Crippen LogP contribution < -0.4 is 0 Å². The zero-order valence-corrected chi connectivity index (χ0v) is 7.65. The maximum Gasteiger partial charge on any atom is 0.407 e. The lowest BCUT2D eigenvalue weighted by Gasteiger charge is -2.40. The molecule has 0 spiro atoms. The number of hydrogen-bond donors (Lipinski definition) is 1. The Morgan fingerprint density at radius 3 is 2.92 bits per heavy atom. The van der Waals surface area contributed by atoms with Crippen LogP contribution in [0.3, 0.4) is 0 Å².